The van der Waals surface area contributed by atoms with Crippen molar-refractivity contribution in [1.29, 1.82) is 0 Å². The number of carbonyl (C=O) groups is 1. The van der Waals surface area contributed by atoms with E-state index < -0.39 is 0 Å². The molecule has 0 saturated carbocycles. The highest BCUT2D eigenvalue weighted by Crippen LogP contribution is 2.20. The van der Waals surface area contributed by atoms with Crippen LogP contribution in [0.1, 0.15) is 29.8 Å². The minimum absolute atomic E-state index is 0.230. The molecule has 1 aliphatic heterocycles. The summed E-state index contributed by atoms with van der Waals surface area (Å²) in [5.41, 5.74) is 6.73. The minimum atomic E-state index is -0.335. The van der Waals surface area contributed by atoms with Crippen molar-refractivity contribution in [3.63, 3.8) is 0 Å². The van der Waals surface area contributed by atoms with Crippen LogP contribution in [-0.4, -0.2) is 44.9 Å². The molecular formula is C19H24N6O3S. The summed E-state index contributed by atoms with van der Waals surface area (Å²) in [6, 6.07) is 3.78. The number of aryl methyl sites for hydroxylation is 1. The number of ether oxygens (including phenoxy) is 1. The Morgan fingerprint density at radius 3 is 3.03 bits per heavy atom. The Morgan fingerprint density at radius 2 is 2.28 bits per heavy atom. The number of hydrogen-bond acceptors (Lipinski definition) is 7. The average molecular weight is 417 g/mol. The molecule has 4 N–H and O–H groups in total. The van der Waals surface area contributed by atoms with Gasteiger partial charge in [-0.25, -0.2) is 4.98 Å². The number of nitrogens with zero attached hydrogens (tertiary/aromatic N) is 3. The molecule has 1 saturated heterocycles. The number of nitrogens with one attached hydrogen (secondary N) is 2. The molecule has 3 aromatic rings. The fourth-order valence-corrected chi connectivity index (χ4v) is 3.52. The van der Waals surface area contributed by atoms with Gasteiger partial charge in [0, 0.05) is 44.1 Å². The number of H-pyrrole nitrogens is 1. The number of amides is 1. The van der Waals surface area contributed by atoms with E-state index in [9.17, 15) is 9.59 Å². The summed E-state index contributed by atoms with van der Waals surface area (Å²) in [4.78, 5) is 30.5. The number of carbonyl (C=O) groups excluding carboxylic acids is 1. The van der Waals surface area contributed by atoms with Gasteiger partial charge in [0.05, 0.1) is 17.4 Å². The molecule has 0 aromatic carbocycles. The monoisotopic (exact) mass is 416 g/mol. The smallest absolute Gasteiger partial charge is 0.275 e. The van der Waals surface area contributed by atoms with Crippen LogP contribution in [0.25, 0.3) is 10.6 Å². The first-order valence-electron chi connectivity index (χ1n) is 9.30. The second-order valence-electron chi connectivity index (χ2n) is 6.61. The summed E-state index contributed by atoms with van der Waals surface area (Å²) in [7, 11) is 1.76. The quantitative estimate of drug-likeness (QED) is 0.599. The van der Waals surface area contributed by atoms with Crippen molar-refractivity contribution in [2.45, 2.75) is 25.3 Å². The molecule has 10 heteroatoms. The van der Waals surface area contributed by atoms with E-state index in [1.165, 1.54) is 11.3 Å². The van der Waals surface area contributed by atoms with Crippen LogP contribution in [0.2, 0.25) is 0 Å². The number of pyridine rings is 1. The number of rotatable bonds is 3. The number of thiazole rings is 1. The summed E-state index contributed by atoms with van der Waals surface area (Å²) >= 11 is 1.25. The van der Waals surface area contributed by atoms with Crippen molar-refractivity contribution < 1.29 is 9.53 Å². The molecule has 3 aromatic heterocycles. The van der Waals surface area contributed by atoms with Crippen LogP contribution in [0.5, 0.6) is 0 Å². The zero-order valence-corrected chi connectivity index (χ0v) is 16.9. The predicted molar refractivity (Wildman–Crippen MR) is 112 cm³/mol. The van der Waals surface area contributed by atoms with E-state index in [-0.39, 0.29) is 17.2 Å². The number of hydrogen-bond donors (Lipinski definition) is 3. The van der Waals surface area contributed by atoms with Crippen LogP contribution in [-0.2, 0) is 11.8 Å². The van der Waals surface area contributed by atoms with Crippen molar-refractivity contribution in [3.8, 4) is 10.6 Å². The molecule has 154 valence electrons. The Kier molecular flexibility index (Phi) is 7.28. The van der Waals surface area contributed by atoms with Gasteiger partial charge < -0.3 is 20.8 Å². The lowest BCUT2D eigenvalue weighted by molar-refractivity contribution is 0.102. The lowest BCUT2D eigenvalue weighted by atomic mass is 10.1. The van der Waals surface area contributed by atoms with Crippen LogP contribution < -0.4 is 16.6 Å². The van der Waals surface area contributed by atoms with E-state index in [0.717, 1.165) is 32.5 Å². The third-order valence-electron chi connectivity index (χ3n) is 4.24. The van der Waals surface area contributed by atoms with Crippen LogP contribution >= 0.6 is 11.3 Å². The summed E-state index contributed by atoms with van der Waals surface area (Å²) < 4.78 is 6.77. The van der Waals surface area contributed by atoms with E-state index in [1.807, 2.05) is 0 Å². The molecule has 0 bridgehead atoms. The molecule has 1 fully saturated rings. The summed E-state index contributed by atoms with van der Waals surface area (Å²) in [6.07, 6.45) is 8.11. The van der Waals surface area contributed by atoms with Gasteiger partial charge >= 0.3 is 0 Å². The molecule has 0 spiro atoms. The molecule has 1 amide bonds. The molecule has 0 radical (unpaired) electrons. The molecule has 4 rings (SSSR count). The Morgan fingerprint density at radius 1 is 1.41 bits per heavy atom. The third kappa shape index (κ3) is 6.08. The Balaban J connectivity index is 0.000000252. The fraction of sp³-hybridized carbons (Fsp3) is 0.368. The number of anilines is 1. The lowest BCUT2D eigenvalue weighted by Gasteiger charge is -2.02. The molecule has 29 heavy (non-hydrogen) atoms. The maximum Gasteiger partial charge on any atom is 0.275 e. The highest BCUT2D eigenvalue weighted by molar-refractivity contribution is 7.13. The average Bonchev–Trinajstić information content (AvgIpc) is 3.28. The SMILES string of the molecule is Cn1cc(NC(=O)c2csc(-c3ccc[nH]c3=O)n2)cn1.NC1CCCOCC1. The zero-order chi connectivity index (χ0) is 20.6. The van der Waals surface area contributed by atoms with Crippen molar-refractivity contribution >= 4 is 22.9 Å². The largest absolute Gasteiger partial charge is 0.381 e. The van der Waals surface area contributed by atoms with Gasteiger partial charge in [0.1, 0.15) is 10.7 Å². The molecule has 9 nitrogen and oxygen atoms in total. The van der Waals surface area contributed by atoms with Crippen molar-refractivity contribution in [2.24, 2.45) is 12.8 Å². The van der Waals surface area contributed by atoms with Gasteiger partial charge in [0.15, 0.2) is 0 Å². The highest BCUT2D eigenvalue weighted by atomic mass is 32.1. The van der Waals surface area contributed by atoms with Crippen LogP contribution in [0.15, 0.2) is 40.9 Å². The first-order valence-corrected chi connectivity index (χ1v) is 10.2. The first kappa shape index (κ1) is 20.9. The molecule has 0 aliphatic carbocycles. The van der Waals surface area contributed by atoms with Gasteiger partial charge in [-0.3, -0.25) is 14.3 Å². The predicted octanol–water partition coefficient (Wildman–Crippen LogP) is 2.00. The van der Waals surface area contributed by atoms with E-state index in [0.29, 0.717) is 22.3 Å². The van der Waals surface area contributed by atoms with Crippen molar-refractivity contribution in [3.05, 3.63) is 52.2 Å². The number of aromatic nitrogens is 4. The Labute approximate surface area is 171 Å². The molecule has 4 heterocycles. The summed E-state index contributed by atoms with van der Waals surface area (Å²) in [5, 5.41) is 8.79. The molecular weight excluding hydrogens is 392 g/mol. The van der Waals surface area contributed by atoms with Gasteiger partial charge in [-0.2, -0.15) is 5.10 Å². The topological polar surface area (TPSA) is 128 Å². The molecule has 1 aliphatic rings. The second-order valence-corrected chi connectivity index (χ2v) is 7.47. The van der Waals surface area contributed by atoms with Gasteiger partial charge in [-0.05, 0) is 31.4 Å². The minimum Gasteiger partial charge on any atom is -0.381 e. The van der Waals surface area contributed by atoms with E-state index in [4.69, 9.17) is 10.5 Å². The maximum absolute atomic E-state index is 12.1. The van der Waals surface area contributed by atoms with E-state index >= 15 is 0 Å². The van der Waals surface area contributed by atoms with Crippen molar-refractivity contribution in [1.82, 2.24) is 19.7 Å². The highest BCUT2D eigenvalue weighted by Gasteiger charge is 2.14. The van der Waals surface area contributed by atoms with Crippen LogP contribution in [0.4, 0.5) is 5.69 Å². The molecule has 1 atom stereocenters. The van der Waals surface area contributed by atoms with Gasteiger partial charge in [-0.15, -0.1) is 11.3 Å². The van der Waals surface area contributed by atoms with Gasteiger partial charge in [0.25, 0.3) is 11.5 Å². The second kappa shape index (κ2) is 10.1. The van der Waals surface area contributed by atoms with E-state index in [2.05, 4.69) is 20.4 Å². The van der Waals surface area contributed by atoms with Crippen LogP contribution in [0.3, 0.4) is 0 Å². The number of nitrogens with two attached hydrogens (primary N) is 1. The third-order valence-corrected chi connectivity index (χ3v) is 5.12. The van der Waals surface area contributed by atoms with Crippen LogP contribution in [0, 0.1) is 0 Å². The first-order chi connectivity index (χ1) is 14.0. The Hall–Kier alpha value is -2.82. The summed E-state index contributed by atoms with van der Waals surface area (Å²) in [5.74, 6) is -0.335. The van der Waals surface area contributed by atoms with Crippen molar-refractivity contribution in [2.75, 3.05) is 18.5 Å². The summed E-state index contributed by atoms with van der Waals surface area (Å²) in [6.45, 7) is 1.77. The van der Waals surface area contributed by atoms with Gasteiger partial charge in [0.2, 0.25) is 0 Å². The zero-order valence-electron chi connectivity index (χ0n) is 16.1. The fourth-order valence-electron chi connectivity index (χ4n) is 2.70. The normalized spacial score (nSPS) is 16.4. The Bertz CT molecular complexity index is 988. The number of aromatic amines is 1. The van der Waals surface area contributed by atoms with Gasteiger partial charge in [-0.1, -0.05) is 0 Å². The molecule has 1 unspecified atom stereocenters. The maximum atomic E-state index is 12.1. The standard InChI is InChI=1S/C13H11N5O2S.C6H13NO/c1-18-6-8(5-15-18)16-12(20)10-7-21-13(17-10)9-3-2-4-14-11(9)19;7-6-2-1-4-8-5-3-6/h2-7H,1H3,(H,14,19)(H,16,20);6H,1-5,7H2. The van der Waals surface area contributed by atoms with E-state index in [1.54, 1.807) is 47.8 Å². The lowest BCUT2D eigenvalue weighted by Crippen LogP contribution is -2.19.